The molecule has 0 spiro atoms. The first kappa shape index (κ1) is 17.3. The van der Waals surface area contributed by atoms with Crippen LogP contribution in [0, 0.1) is 0 Å². The number of benzene rings is 2. The number of aromatic hydroxyl groups is 1. The molecular formula is C18H18O6. The van der Waals surface area contributed by atoms with Gasteiger partial charge in [-0.2, -0.15) is 0 Å². The molecule has 0 unspecified atom stereocenters. The van der Waals surface area contributed by atoms with E-state index in [1.165, 1.54) is 27.4 Å². The summed E-state index contributed by atoms with van der Waals surface area (Å²) in [5.41, 5.74) is 0.367. The summed E-state index contributed by atoms with van der Waals surface area (Å²) in [7, 11) is 4.12. The maximum atomic E-state index is 12.5. The lowest BCUT2D eigenvalue weighted by molar-refractivity contribution is 0.0892. The van der Waals surface area contributed by atoms with E-state index in [0.29, 0.717) is 5.56 Å². The fraction of sp³-hybridized carbons (Fsp3) is 0.222. The van der Waals surface area contributed by atoms with Crippen LogP contribution in [-0.2, 0) is 0 Å². The largest absolute Gasteiger partial charge is 0.504 e. The molecule has 0 aliphatic heterocycles. The third kappa shape index (κ3) is 3.32. The van der Waals surface area contributed by atoms with Crippen LogP contribution in [0.2, 0.25) is 0 Å². The summed E-state index contributed by atoms with van der Waals surface area (Å²) in [4.78, 5) is 24.6. The van der Waals surface area contributed by atoms with E-state index in [-0.39, 0.29) is 40.8 Å². The Kier molecular flexibility index (Phi) is 5.42. The van der Waals surface area contributed by atoms with Crippen LogP contribution in [0.3, 0.4) is 0 Å². The number of methoxy groups -OCH3 is 3. The quantitative estimate of drug-likeness (QED) is 0.621. The molecule has 2 rings (SSSR count). The van der Waals surface area contributed by atoms with E-state index in [0.717, 1.165) is 0 Å². The highest BCUT2D eigenvalue weighted by Crippen LogP contribution is 2.46. The van der Waals surface area contributed by atoms with E-state index < -0.39 is 5.78 Å². The van der Waals surface area contributed by atoms with Crippen LogP contribution in [0.15, 0.2) is 36.4 Å². The molecule has 0 saturated heterocycles. The van der Waals surface area contributed by atoms with Crippen LogP contribution in [0.1, 0.15) is 27.1 Å². The minimum atomic E-state index is -0.541. The van der Waals surface area contributed by atoms with Crippen molar-refractivity contribution in [3.05, 3.63) is 47.5 Å². The van der Waals surface area contributed by atoms with Gasteiger partial charge in [0.1, 0.15) is 0 Å². The molecule has 2 aromatic carbocycles. The van der Waals surface area contributed by atoms with Gasteiger partial charge in [-0.05, 0) is 6.07 Å². The maximum absolute atomic E-state index is 12.5. The third-order valence-corrected chi connectivity index (χ3v) is 3.52. The van der Waals surface area contributed by atoms with Crippen LogP contribution in [0.4, 0.5) is 0 Å². The van der Waals surface area contributed by atoms with Crippen molar-refractivity contribution in [1.82, 2.24) is 0 Å². The van der Waals surface area contributed by atoms with Gasteiger partial charge < -0.3 is 19.3 Å². The monoisotopic (exact) mass is 330 g/mol. The van der Waals surface area contributed by atoms with Crippen molar-refractivity contribution >= 4 is 11.6 Å². The minimum absolute atomic E-state index is 0.0210. The van der Waals surface area contributed by atoms with Crippen LogP contribution >= 0.6 is 0 Å². The van der Waals surface area contributed by atoms with Gasteiger partial charge in [0.15, 0.2) is 23.1 Å². The van der Waals surface area contributed by atoms with Crippen molar-refractivity contribution in [2.75, 3.05) is 21.3 Å². The van der Waals surface area contributed by atoms with Gasteiger partial charge in [0.25, 0.3) is 0 Å². The predicted octanol–water partition coefficient (Wildman–Crippen LogP) is 2.87. The normalized spacial score (nSPS) is 10.1. The summed E-state index contributed by atoms with van der Waals surface area (Å²) in [6.45, 7) is 0. The summed E-state index contributed by atoms with van der Waals surface area (Å²) in [6, 6.07) is 9.81. The second-order valence-electron chi connectivity index (χ2n) is 4.93. The van der Waals surface area contributed by atoms with Gasteiger partial charge in [0.05, 0.1) is 33.3 Å². The van der Waals surface area contributed by atoms with Crippen LogP contribution in [-0.4, -0.2) is 38.0 Å². The number of carbonyl (C=O) groups excluding carboxylic acids is 2. The van der Waals surface area contributed by atoms with E-state index >= 15 is 0 Å². The third-order valence-electron chi connectivity index (χ3n) is 3.52. The Bertz CT molecular complexity index is 752. The van der Waals surface area contributed by atoms with Crippen LogP contribution < -0.4 is 14.2 Å². The lowest BCUT2D eigenvalue weighted by Gasteiger charge is -2.15. The number of Topliss-reactive ketones (excluding diaryl/α,β-unsaturated/α-hetero) is 2. The van der Waals surface area contributed by atoms with Crippen LogP contribution in [0.25, 0.3) is 0 Å². The highest BCUT2D eigenvalue weighted by molar-refractivity contribution is 6.15. The molecule has 0 bridgehead atoms. The Labute approximate surface area is 139 Å². The summed E-state index contributed by atoms with van der Waals surface area (Å²) >= 11 is 0. The van der Waals surface area contributed by atoms with Crippen molar-refractivity contribution in [1.29, 1.82) is 0 Å². The standard InChI is InChI=1S/C18H18O6/c1-22-15-9-12(16(21)18(24-3)17(15)23-2)14(20)10-13(19)11-7-5-4-6-8-11/h4-9,21H,10H2,1-3H3. The number of carbonyl (C=O) groups is 2. The molecule has 24 heavy (non-hydrogen) atoms. The highest BCUT2D eigenvalue weighted by atomic mass is 16.5. The van der Waals surface area contributed by atoms with E-state index in [1.54, 1.807) is 30.3 Å². The first-order valence-corrected chi connectivity index (χ1v) is 7.16. The number of ether oxygens (including phenoxy) is 3. The van der Waals surface area contributed by atoms with Crippen molar-refractivity contribution in [3.8, 4) is 23.0 Å². The number of rotatable bonds is 7. The summed E-state index contributed by atoms with van der Waals surface area (Å²) in [5, 5.41) is 10.3. The number of hydrogen-bond acceptors (Lipinski definition) is 6. The molecule has 0 aliphatic carbocycles. The lowest BCUT2D eigenvalue weighted by atomic mass is 10.00. The van der Waals surface area contributed by atoms with Gasteiger partial charge in [-0.3, -0.25) is 9.59 Å². The topological polar surface area (TPSA) is 82.1 Å². The predicted molar refractivity (Wildman–Crippen MR) is 87.5 cm³/mol. The second kappa shape index (κ2) is 7.50. The van der Waals surface area contributed by atoms with Gasteiger partial charge in [0, 0.05) is 5.56 Å². The van der Waals surface area contributed by atoms with Gasteiger partial charge in [-0.1, -0.05) is 30.3 Å². The zero-order chi connectivity index (χ0) is 17.7. The highest BCUT2D eigenvalue weighted by Gasteiger charge is 2.25. The molecule has 0 atom stereocenters. The fourth-order valence-corrected chi connectivity index (χ4v) is 2.32. The summed E-state index contributed by atoms with van der Waals surface area (Å²) in [5.74, 6) is -0.895. The Morgan fingerprint density at radius 1 is 0.917 bits per heavy atom. The molecule has 0 radical (unpaired) electrons. The molecule has 0 fully saturated rings. The maximum Gasteiger partial charge on any atom is 0.207 e. The number of phenols is 1. The van der Waals surface area contributed by atoms with Crippen molar-refractivity contribution in [3.63, 3.8) is 0 Å². The molecule has 1 N–H and O–H groups in total. The summed E-state index contributed by atoms with van der Waals surface area (Å²) in [6.07, 6.45) is -0.379. The van der Waals surface area contributed by atoms with E-state index in [2.05, 4.69) is 0 Å². The molecule has 6 nitrogen and oxygen atoms in total. The molecule has 0 heterocycles. The van der Waals surface area contributed by atoms with Gasteiger partial charge in [-0.25, -0.2) is 0 Å². The molecular weight excluding hydrogens is 312 g/mol. The molecule has 0 aromatic heterocycles. The molecule has 0 amide bonds. The Hall–Kier alpha value is -3.02. The molecule has 2 aromatic rings. The average molecular weight is 330 g/mol. The Morgan fingerprint density at radius 3 is 2.08 bits per heavy atom. The molecule has 0 aliphatic rings. The average Bonchev–Trinajstić information content (AvgIpc) is 2.61. The smallest absolute Gasteiger partial charge is 0.207 e. The fourth-order valence-electron chi connectivity index (χ4n) is 2.32. The molecule has 126 valence electrons. The number of ketones is 2. The van der Waals surface area contributed by atoms with Crippen molar-refractivity contribution < 1.29 is 28.9 Å². The van der Waals surface area contributed by atoms with E-state index in [9.17, 15) is 14.7 Å². The van der Waals surface area contributed by atoms with Crippen molar-refractivity contribution in [2.24, 2.45) is 0 Å². The van der Waals surface area contributed by atoms with Crippen LogP contribution in [0.5, 0.6) is 23.0 Å². The van der Waals surface area contributed by atoms with E-state index in [4.69, 9.17) is 14.2 Å². The minimum Gasteiger partial charge on any atom is -0.504 e. The molecule has 6 heteroatoms. The number of phenolic OH excluding ortho intramolecular Hbond substituents is 1. The van der Waals surface area contributed by atoms with Crippen molar-refractivity contribution in [2.45, 2.75) is 6.42 Å². The summed E-state index contributed by atoms with van der Waals surface area (Å²) < 4.78 is 15.4. The Balaban J connectivity index is 2.37. The zero-order valence-corrected chi connectivity index (χ0v) is 13.7. The first-order chi connectivity index (χ1) is 11.5. The lowest BCUT2D eigenvalue weighted by Crippen LogP contribution is -2.10. The molecule has 0 saturated carbocycles. The van der Waals surface area contributed by atoms with Gasteiger partial charge in [-0.15, -0.1) is 0 Å². The second-order valence-corrected chi connectivity index (χ2v) is 4.93. The zero-order valence-electron chi connectivity index (χ0n) is 13.7. The van der Waals surface area contributed by atoms with Gasteiger partial charge >= 0.3 is 0 Å². The number of hydrogen-bond donors (Lipinski definition) is 1. The van der Waals surface area contributed by atoms with E-state index in [1.807, 2.05) is 0 Å². The Morgan fingerprint density at radius 2 is 1.54 bits per heavy atom. The SMILES string of the molecule is COc1cc(C(=O)CC(=O)c2ccccc2)c(O)c(OC)c1OC. The van der Waals surface area contributed by atoms with Gasteiger partial charge in [0.2, 0.25) is 11.5 Å². The first-order valence-electron chi connectivity index (χ1n) is 7.16.